The SMILES string of the molecule is CCn1c(Cc2ccc(CN)c(Cl)c2)nc2ccccc21. The van der Waals surface area contributed by atoms with Crippen LogP contribution in [0.3, 0.4) is 0 Å². The average Bonchev–Trinajstić information content (AvgIpc) is 2.84. The Bertz CT molecular complexity index is 777. The molecule has 21 heavy (non-hydrogen) atoms. The summed E-state index contributed by atoms with van der Waals surface area (Å²) < 4.78 is 2.25. The molecule has 3 rings (SSSR count). The third-order valence-corrected chi connectivity index (χ3v) is 4.10. The first-order chi connectivity index (χ1) is 10.2. The molecule has 0 fully saturated rings. The highest BCUT2D eigenvalue weighted by Crippen LogP contribution is 2.22. The highest BCUT2D eigenvalue weighted by atomic mass is 35.5. The maximum absolute atomic E-state index is 6.24. The number of nitrogens with zero attached hydrogens (tertiary/aromatic N) is 2. The standard InChI is InChI=1S/C17H18ClN3/c1-2-21-16-6-4-3-5-15(16)20-17(21)10-12-7-8-13(11-19)14(18)9-12/h3-9H,2,10-11,19H2,1H3. The number of fused-ring (bicyclic) bond motifs is 1. The Labute approximate surface area is 129 Å². The number of para-hydroxylation sites is 2. The van der Waals surface area contributed by atoms with Gasteiger partial charge in [-0.3, -0.25) is 0 Å². The average molecular weight is 300 g/mol. The predicted octanol–water partition coefficient (Wildman–Crippen LogP) is 3.76. The Balaban J connectivity index is 1.99. The van der Waals surface area contributed by atoms with Gasteiger partial charge in [-0.15, -0.1) is 0 Å². The molecule has 3 aromatic rings. The number of halogens is 1. The van der Waals surface area contributed by atoms with Gasteiger partial charge in [0.05, 0.1) is 11.0 Å². The van der Waals surface area contributed by atoms with Crippen molar-refractivity contribution >= 4 is 22.6 Å². The van der Waals surface area contributed by atoms with E-state index in [9.17, 15) is 0 Å². The van der Waals surface area contributed by atoms with Crippen molar-refractivity contribution in [3.8, 4) is 0 Å². The summed E-state index contributed by atoms with van der Waals surface area (Å²) in [5, 5.41) is 0.731. The number of benzene rings is 2. The van der Waals surface area contributed by atoms with Gasteiger partial charge in [0.2, 0.25) is 0 Å². The largest absolute Gasteiger partial charge is 0.328 e. The highest BCUT2D eigenvalue weighted by molar-refractivity contribution is 6.31. The molecule has 0 aliphatic carbocycles. The summed E-state index contributed by atoms with van der Waals surface area (Å²) in [6, 6.07) is 14.3. The minimum absolute atomic E-state index is 0.465. The molecule has 0 saturated heterocycles. The summed E-state index contributed by atoms with van der Waals surface area (Å²) in [7, 11) is 0. The fourth-order valence-corrected chi connectivity index (χ4v) is 2.94. The summed E-state index contributed by atoms with van der Waals surface area (Å²) >= 11 is 6.24. The smallest absolute Gasteiger partial charge is 0.114 e. The molecule has 0 amide bonds. The van der Waals surface area contributed by atoms with E-state index in [1.807, 2.05) is 24.3 Å². The van der Waals surface area contributed by atoms with Gasteiger partial charge in [0.15, 0.2) is 0 Å². The van der Waals surface area contributed by atoms with Crippen molar-refractivity contribution in [1.82, 2.24) is 9.55 Å². The van der Waals surface area contributed by atoms with Crippen LogP contribution in [0.2, 0.25) is 5.02 Å². The van der Waals surface area contributed by atoms with Crippen LogP contribution in [0.25, 0.3) is 11.0 Å². The van der Waals surface area contributed by atoms with Crippen LogP contribution in [0.1, 0.15) is 23.9 Å². The third-order valence-electron chi connectivity index (χ3n) is 3.75. The predicted molar refractivity (Wildman–Crippen MR) is 87.6 cm³/mol. The lowest BCUT2D eigenvalue weighted by atomic mass is 10.1. The number of hydrogen-bond donors (Lipinski definition) is 1. The number of rotatable bonds is 4. The van der Waals surface area contributed by atoms with E-state index in [1.54, 1.807) is 0 Å². The molecule has 0 spiro atoms. The van der Waals surface area contributed by atoms with Crippen LogP contribution in [0.15, 0.2) is 42.5 Å². The highest BCUT2D eigenvalue weighted by Gasteiger charge is 2.10. The van der Waals surface area contributed by atoms with E-state index in [4.69, 9.17) is 22.3 Å². The van der Waals surface area contributed by atoms with Gasteiger partial charge in [-0.25, -0.2) is 4.98 Å². The van der Waals surface area contributed by atoms with Crippen molar-refractivity contribution in [3.63, 3.8) is 0 Å². The van der Waals surface area contributed by atoms with Crippen molar-refractivity contribution in [2.45, 2.75) is 26.4 Å². The maximum atomic E-state index is 6.24. The van der Waals surface area contributed by atoms with Crippen molar-refractivity contribution in [2.75, 3.05) is 0 Å². The number of aryl methyl sites for hydroxylation is 1. The van der Waals surface area contributed by atoms with E-state index in [-0.39, 0.29) is 0 Å². The van der Waals surface area contributed by atoms with Gasteiger partial charge >= 0.3 is 0 Å². The fourth-order valence-electron chi connectivity index (χ4n) is 2.66. The molecular weight excluding hydrogens is 282 g/mol. The first kappa shape index (κ1) is 14.1. The van der Waals surface area contributed by atoms with E-state index in [0.717, 1.165) is 40.5 Å². The fraction of sp³-hybridized carbons (Fsp3) is 0.235. The molecule has 0 radical (unpaired) electrons. The molecule has 0 aliphatic heterocycles. The summed E-state index contributed by atoms with van der Waals surface area (Å²) in [4.78, 5) is 4.75. The number of nitrogens with two attached hydrogens (primary N) is 1. The Hall–Kier alpha value is -1.84. The minimum Gasteiger partial charge on any atom is -0.328 e. The van der Waals surface area contributed by atoms with E-state index in [1.165, 1.54) is 5.52 Å². The van der Waals surface area contributed by atoms with Crippen molar-refractivity contribution < 1.29 is 0 Å². The van der Waals surface area contributed by atoms with Crippen molar-refractivity contribution in [1.29, 1.82) is 0 Å². The Morgan fingerprint density at radius 2 is 2.00 bits per heavy atom. The van der Waals surface area contributed by atoms with E-state index < -0.39 is 0 Å². The van der Waals surface area contributed by atoms with Gasteiger partial charge in [-0.05, 0) is 36.2 Å². The first-order valence-corrected chi connectivity index (χ1v) is 7.52. The molecule has 2 aromatic carbocycles. The summed E-state index contributed by atoms with van der Waals surface area (Å²) in [6.07, 6.45) is 0.771. The van der Waals surface area contributed by atoms with Crippen LogP contribution in [0.5, 0.6) is 0 Å². The van der Waals surface area contributed by atoms with Crippen LogP contribution in [-0.2, 0) is 19.5 Å². The molecule has 0 aliphatic rings. The molecule has 0 atom stereocenters. The zero-order valence-electron chi connectivity index (χ0n) is 12.0. The topological polar surface area (TPSA) is 43.8 Å². The second-order valence-electron chi connectivity index (χ2n) is 5.07. The van der Waals surface area contributed by atoms with E-state index in [2.05, 4.69) is 29.7 Å². The summed E-state index contributed by atoms with van der Waals surface area (Å²) in [5.74, 6) is 1.07. The molecule has 2 N–H and O–H groups in total. The quantitative estimate of drug-likeness (QED) is 0.797. The molecule has 1 aromatic heterocycles. The molecule has 0 saturated carbocycles. The minimum atomic E-state index is 0.465. The summed E-state index contributed by atoms with van der Waals surface area (Å²) in [6.45, 7) is 3.51. The lowest BCUT2D eigenvalue weighted by Gasteiger charge is -2.08. The maximum Gasteiger partial charge on any atom is 0.114 e. The van der Waals surface area contributed by atoms with Gasteiger partial charge in [-0.1, -0.05) is 35.9 Å². The molecule has 3 nitrogen and oxygen atoms in total. The van der Waals surface area contributed by atoms with E-state index >= 15 is 0 Å². The molecule has 0 bridgehead atoms. The third kappa shape index (κ3) is 2.67. The Morgan fingerprint density at radius 1 is 1.19 bits per heavy atom. The van der Waals surface area contributed by atoms with Crippen molar-refractivity contribution in [3.05, 3.63) is 64.4 Å². The van der Waals surface area contributed by atoms with Gasteiger partial charge in [0.1, 0.15) is 5.82 Å². The van der Waals surface area contributed by atoms with Crippen LogP contribution in [-0.4, -0.2) is 9.55 Å². The zero-order valence-corrected chi connectivity index (χ0v) is 12.8. The monoisotopic (exact) mass is 299 g/mol. The van der Waals surface area contributed by atoms with Gasteiger partial charge in [-0.2, -0.15) is 0 Å². The number of hydrogen-bond acceptors (Lipinski definition) is 2. The second-order valence-corrected chi connectivity index (χ2v) is 5.47. The number of imidazole rings is 1. The Kier molecular flexibility index (Phi) is 3.95. The normalized spacial score (nSPS) is 11.2. The zero-order chi connectivity index (χ0) is 14.8. The molecular formula is C17H18ClN3. The van der Waals surface area contributed by atoms with Gasteiger partial charge < -0.3 is 10.3 Å². The van der Waals surface area contributed by atoms with Gasteiger partial charge in [0.25, 0.3) is 0 Å². The Morgan fingerprint density at radius 3 is 2.71 bits per heavy atom. The molecule has 0 unspecified atom stereocenters. The van der Waals surface area contributed by atoms with Crippen LogP contribution >= 0.6 is 11.6 Å². The molecule has 4 heteroatoms. The lowest BCUT2D eigenvalue weighted by molar-refractivity contribution is 0.733. The van der Waals surface area contributed by atoms with E-state index in [0.29, 0.717) is 6.54 Å². The lowest BCUT2D eigenvalue weighted by Crippen LogP contribution is -2.03. The van der Waals surface area contributed by atoms with Crippen LogP contribution in [0, 0.1) is 0 Å². The molecule has 1 heterocycles. The van der Waals surface area contributed by atoms with Crippen LogP contribution in [0.4, 0.5) is 0 Å². The second kappa shape index (κ2) is 5.88. The molecule has 108 valence electrons. The number of aromatic nitrogens is 2. The summed E-state index contributed by atoms with van der Waals surface area (Å²) in [5.41, 5.74) is 10.0. The first-order valence-electron chi connectivity index (χ1n) is 7.14. The van der Waals surface area contributed by atoms with Crippen molar-refractivity contribution in [2.24, 2.45) is 5.73 Å². The van der Waals surface area contributed by atoms with Crippen LogP contribution < -0.4 is 5.73 Å². The van der Waals surface area contributed by atoms with Gasteiger partial charge in [0, 0.05) is 24.5 Å².